The van der Waals surface area contributed by atoms with Crippen molar-refractivity contribution in [2.24, 2.45) is 0 Å². The summed E-state index contributed by atoms with van der Waals surface area (Å²) in [6.45, 7) is -0.688. The van der Waals surface area contributed by atoms with Crippen molar-refractivity contribution < 1.29 is 42.1 Å². The zero-order chi connectivity index (χ0) is 23.1. The summed E-state index contributed by atoms with van der Waals surface area (Å²) in [5.74, 6) is -0.244. The normalized spacial score (nSPS) is 13.5. The Kier molecular flexibility index (Phi) is 7.48. The molecule has 1 amide bonds. The van der Waals surface area contributed by atoms with Crippen LogP contribution in [0.25, 0.3) is 6.08 Å². The summed E-state index contributed by atoms with van der Waals surface area (Å²) < 4.78 is 50.1. The number of carbonyl (C=O) groups is 2. The molecule has 0 aliphatic carbocycles. The topological polar surface area (TPSA) is 92.3 Å². The minimum atomic E-state index is -2.99. The number of fused-ring (bicyclic) bond motifs is 1. The lowest BCUT2D eigenvalue weighted by Crippen LogP contribution is -2.29. The predicted octanol–water partition coefficient (Wildman–Crippen LogP) is 3.65. The second kappa shape index (κ2) is 10.5. The molecular formula is C22H21F2NO7. The lowest BCUT2D eigenvalue weighted by Gasteiger charge is -2.19. The number of methoxy groups -OCH3 is 1. The number of carbonyl (C=O) groups excluding carboxylic acids is 2. The van der Waals surface area contributed by atoms with E-state index in [1.807, 2.05) is 0 Å². The summed E-state index contributed by atoms with van der Waals surface area (Å²) in [4.78, 5) is 24.4. The van der Waals surface area contributed by atoms with Crippen molar-refractivity contribution in [3.05, 3.63) is 48.0 Å². The highest BCUT2D eigenvalue weighted by Gasteiger charge is 2.18. The maximum atomic E-state index is 12.4. The fraction of sp³-hybridized carbons (Fsp3) is 0.273. The van der Waals surface area contributed by atoms with Gasteiger partial charge in [0.25, 0.3) is 5.91 Å². The van der Waals surface area contributed by atoms with Gasteiger partial charge in [0.15, 0.2) is 29.1 Å². The van der Waals surface area contributed by atoms with Crippen LogP contribution in [0.15, 0.2) is 42.5 Å². The van der Waals surface area contributed by atoms with Gasteiger partial charge in [-0.3, -0.25) is 4.79 Å². The quantitative estimate of drug-likeness (QED) is 0.486. The average molecular weight is 449 g/mol. The molecule has 0 saturated carbocycles. The van der Waals surface area contributed by atoms with E-state index < -0.39 is 24.6 Å². The molecule has 1 atom stereocenters. The molecule has 0 bridgehead atoms. The average Bonchev–Trinajstić information content (AvgIpc) is 2.77. The number of esters is 1. The van der Waals surface area contributed by atoms with Crippen LogP contribution in [0, 0.1) is 0 Å². The van der Waals surface area contributed by atoms with E-state index in [-0.39, 0.29) is 11.5 Å². The van der Waals surface area contributed by atoms with Gasteiger partial charge in [-0.25, -0.2) is 4.79 Å². The van der Waals surface area contributed by atoms with Gasteiger partial charge in [-0.1, -0.05) is 6.07 Å². The Labute approximate surface area is 182 Å². The number of anilines is 1. The molecule has 1 unspecified atom stereocenters. The zero-order valence-electron chi connectivity index (χ0n) is 17.3. The largest absolute Gasteiger partial charge is 0.493 e. The first-order chi connectivity index (χ1) is 15.4. The van der Waals surface area contributed by atoms with Gasteiger partial charge in [0, 0.05) is 17.8 Å². The fourth-order valence-electron chi connectivity index (χ4n) is 2.78. The highest BCUT2D eigenvalue weighted by molar-refractivity contribution is 5.96. The molecule has 170 valence electrons. The molecule has 1 N–H and O–H groups in total. The molecule has 1 aliphatic rings. The fourth-order valence-corrected chi connectivity index (χ4v) is 2.78. The molecule has 1 aliphatic heterocycles. The van der Waals surface area contributed by atoms with E-state index in [4.69, 9.17) is 18.9 Å². The van der Waals surface area contributed by atoms with Gasteiger partial charge in [0.05, 0.1) is 7.11 Å². The van der Waals surface area contributed by atoms with Crippen LogP contribution in [-0.2, 0) is 14.3 Å². The van der Waals surface area contributed by atoms with Gasteiger partial charge in [-0.2, -0.15) is 8.78 Å². The first kappa shape index (κ1) is 22.9. The Balaban J connectivity index is 1.56. The smallest absolute Gasteiger partial charge is 0.387 e. The lowest BCUT2D eigenvalue weighted by atomic mass is 10.2. The third kappa shape index (κ3) is 6.10. The van der Waals surface area contributed by atoms with Crippen LogP contribution in [0.5, 0.6) is 23.0 Å². The highest BCUT2D eigenvalue weighted by Crippen LogP contribution is 2.33. The number of alkyl halides is 2. The Morgan fingerprint density at radius 3 is 2.53 bits per heavy atom. The number of ether oxygens (including phenoxy) is 5. The van der Waals surface area contributed by atoms with Crippen LogP contribution in [0.3, 0.4) is 0 Å². The third-order valence-corrected chi connectivity index (χ3v) is 4.29. The third-order valence-electron chi connectivity index (χ3n) is 4.29. The standard InChI is InChI=1S/C22H21F2NO7/c1-13(21(27)25-15-5-7-16-19(12-15)30-10-9-29-16)31-20(26)8-4-14-3-6-17(32-22(23)24)18(11-14)28-2/h3-8,11-13,22H,9-10H2,1-2H3,(H,25,27). The van der Waals surface area contributed by atoms with Gasteiger partial charge in [0.2, 0.25) is 0 Å². The molecule has 2 aromatic carbocycles. The Morgan fingerprint density at radius 2 is 1.81 bits per heavy atom. The van der Waals surface area contributed by atoms with Crippen LogP contribution in [0.2, 0.25) is 0 Å². The van der Waals surface area contributed by atoms with Gasteiger partial charge in [0.1, 0.15) is 13.2 Å². The lowest BCUT2D eigenvalue weighted by molar-refractivity contribution is -0.148. The number of amides is 1. The van der Waals surface area contributed by atoms with Crippen LogP contribution >= 0.6 is 0 Å². The van der Waals surface area contributed by atoms with Crippen LogP contribution in [-0.4, -0.2) is 44.9 Å². The van der Waals surface area contributed by atoms with Gasteiger partial charge in [-0.05, 0) is 42.8 Å². The van der Waals surface area contributed by atoms with Crippen LogP contribution in [0.1, 0.15) is 12.5 Å². The molecule has 0 fully saturated rings. The van der Waals surface area contributed by atoms with Crippen molar-refractivity contribution in [3.8, 4) is 23.0 Å². The van der Waals surface area contributed by atoms with Crippen molar-refractivity contribution in [1.29, 1.82) is 0 Å². The summed E-state index contributed by atoms with van der Waals surface area (Å²) in [5, 5.41) is 2.64. The minimum Gasteiger partial charge on any atom is -0.493 e. The maximum absolute atomic E-state index is 12.4. The second-order valence-electron chi connectivity index (χ2n) is 6.55. The molecule has 0 spiro atoms. The minimum absolute atomic E-state index is 0.0768. The molecule has 1 heterocycles. The number of hydrogen-bond acceptors (Lipinski definition) is 7. The van der Waals surface area contributed by atoms with Crippen molar-refractivity contribution in [3.63, 3.8) is 0 Å². The Bertz CT molecular complexity index is 1010. The van der Waals surface area contributed by atoms with Crippen molar-refractivity contribution in [1.82, 2.24) is 0 Å². The highest BCUT2D eigenvalue weighted by atomic mass is 19.3. The Hall–Kier alpha value is -3.82. The van der Waals surface area contributed by atoms with Gasteiger partial charge in [-0.15, -0.1) is 0 Å². The van der Waals surface area contributed by atoms with Gasteiger partial charge < -0.3 is 29.0 Å². The summed E-state index contributed by atoms with van der Waals surface area (Å²) in [6.07, 6.45) is 1.43. The monoisotopic (exact) mass is 449 g/mol. The molecule has 0 saturated heterocycles. The molecule has 0 radical (unpaired) electrons. The van der Waals surface area contributed by atoms with E-state index in [2.05, 4.69) is 10.1 Å². The van der Waals surface area contributed by atoms with E-state index >= 15 is 0 Å². The number of hydrogen-bond donors (Lipinski definition) is 1. The van der Waals surface area contributed by atoms with Gasteiger partial charge >= 0.3 is 12.6 Å². The number of nitrogens with one attached hydrogen (secondary N) is 1. The molecule has 0 aromatic heterocycles. The van der Waals surface area contributed by atoms with E-state index in [0.29, 0.717) is 36.0 Å². The number of rotatable bonds is 8. The summed E-state index contributed by atoms with van der Waals surface area (Å²) >= 11 is 0. The first-order valence-corrected chi connectivity index (χ1v) is 9.58. The maximum Gasteiger partial charge on any atom is 0.387 e. The summed E-state index contributed by atoms with van der Waals surface area (Å²) in [7, 11) is 1.30. The SMILES string of the molecule is COc1cc(C=CC(=O)OC(C)C(=O)Nc2ccc3c(c2)OCCO3)ccc1OC(F)F. The van der Waals surface area contributed by atoms with Crippen molar-refractivity contribution in [2.45, 2.75) is 19.6 Å². The van der Waals surface area contributed by atoms with Crippen LogP contribution in [0.4, 0.5) is 14.5 Å². The summed E-state index contributed by atoms with van der Waals surface area (Å²) in [6, 6.07) is 9.11. The zero-order valence-corrected chi connectivity index (χ0v) is 17.3. The van der Waals surface area contributed by atoms with Crippen molar-refractivity contribution in [2.75, 3.05) is 25.6 Å². The second-order valence-corrected chi connectivity index (χ2v) is 6.55. The number of benzene rings is 2. The van der Waals surface area contributed by atoms with E-state index in [0.717, 1.165) is 6.08 Å². The molecule has 2 aromatic rings. The Morgan fingerprint density at radius 1 is 1.06 bits per heavy atom. The molecule has 3 rings (SSSR count). The first-order valence-electron chi connectivity index (χ1n) is 9.58. The van der Waals surface area contributed by atoms with E-state index in [9.17, 15) is 18.4 Å². The number of halogens is 2. The predicted molar refractivity (Wildman–Crippen MR) is 110 cm³/mol. The van der Waals surface area contributed by atoms with Crippen LogP contribution < -0.4 is 24.3 Å². The van der Waals surface area contributed by atoms with E-state index in [1.54, 1.807) is 18.2 Å². The molecule has 10 heteroatoms. The van der Waals surface area contributed by atoms with Crippen molar-refractivity contribution >= 4 is 23.6 Å². The van der Waals surface area contributed by atoms with E-state index in [1.165, 1.54) is 38.3 Å². The molecular weight excluding hydrogens is 428 g/mol. The molecule has 8 nitrogen and oxygen atoms in total. The summed E-state index contributed by atoms with van der Waals surface area (Å²) in [5.41, 5.74) is 0.949. The molecule has 32 heavy (non-hydrogen) atoms.